The van der Waals surface area contributed by atoms with E-state index in [0.717, 1.165) is 45.1 Å². The minimum absolute atomic E-state index is 0.0166. The molecule has 0 aliphatic heterocycles. The summed E-state index contributed by atoms with van der Waals surface area (Å²) in [6, 6.07) is -0.541. The monoisotopic (exact) mass is 754 g/mol. The van der Waals surface area contributed by atoms with Gasteiger partial charge in [0, 0.05) is 31.8 Å². The van der Waals surface area contributed by atoms with Crippen molar-refractivity contribution >= 4 is 29.5 Å². The van der Waals surface area contributed by atoms with Gasteiger partial charge in [-0.15, -0.1) is 0 Å². The highest BCUT2D eigenvalue weighted by atomic mass is 32.2. The van der Waals surface area contributed by atoms with Crippen LogP contribution >= 0.6 is 11.8 Å². The molecule has 0 radical (unpaired) electrons. The Balaban J connectivity index is 4.87. The van der Waals surface area contributed by atoms with Crippen LogP contribution < -0.4 is 5.32 Å². The van der Waals surface area contributed by atoms with E-state index in [0.29, 0.717) is 37.5 Å². The number of hydrogen-bond donors (Lipinski definition) is 1. The van der Waals surface area contributed by atoms with Crippen molar-refractivity contribution in [3.8, 4) is 0 Å². The predicted octanol–water partition coefficient (Wildman–Crippen LogP) is 11.4. The molecule has 1 N–H and O–H groups in total. The van der Waals surface area contributed by atoms with E-state index in [1.165, 1.54) is 128 Å². The van der Waals surface area contributed by atoms with Gasteiger partial charge in [0.25, 0.3) is 0 Å². The number of unbranched alkanes of at least 4 members (excludes halogenated alkanes) is 21. The first-order valence-corrected chi connectivity index (χ1v) is 23.4. The number of nitrogens with zero attached hydrogens (tertiary/aromatic N) is 2. The lowest BCUT2D eigenvalue weighted by Gasteiger charge is -2.27. The molecule has 0 bridgehead atoms. The highest BCUT2D eigenvalue weighted by molar-refractivity contribution is 7.99. The number of esters is 1. The average molecular weight is 754 g/mol. The molecule has 0 saturated carbocycles. The smallest absolute Gasteiger partial charge is 0.306 e. The van der Waals surface area contributed by atoms with Gasteiger partial charge in [-0.05, 0) is 45.5 Å². The maximum Gasteiger partial charge on any atom is 0.306 e. The highest BCUT2D eigenvalue weighted by Gasteiger charge is 2.27. The van der Waals surface area contributed by atoms with Crippen molar-refractivity contribution in [2.45, 2.75) is 207 Å². The molecule has 0 heterocycles. The maximum absolute atomic E-state index is 13.8. The molecule has 0 fully saturated rings. The second-order valence-electron chi connectivity index (χ2n) is 15.7. The Kier molecular flexibility index (Phi) is 37.1. The Morgan fingerprint density at radius 2 is 1.00 bits per heavy atom. The van der Waals surface area contributed by atoms with Crippen molar-refractivity contribution in [3.05, 3.63) is 0 Å². The van der Waals surface area contributed by atoms with E-state index in [4.69, 9.17) is 4.74 Å². The third-order valence-corrected chi connectivity index (χ3v) is 11.3. The van der Waals surface area contributed by atoms with Crippen LogP contribution in [-0.2, 0) is 19.1 Å². The molecular weight excluding hydrogens is 667 g/mol. The largest absolute Gasteiger partial charge is 0.466 e. The van der Waals surface area contributed by atoms with E-state index in [9.17, 15) is 14.4 Å². The number of thioether (sulfide) groups is 1. The lowest BCUT2D eigenvalue weighted by Crippen LogP contribution is -2.50. The van der Waals surface area contributed by atoms with E-state index in [2.05, 4.69) is 31.0 Å². The summed E-state index contributed by atoms with van der Waals surface area (Å²) in [6.07, 6.45) is 32.7. The third-order valence-electron chi connectivity index (χ3n) is 10.3. The minimum atomic E-state index is -0.541. The summed E-state index contributed by atoms with van der Waals surface area (Å²) in [5.74, 6) is 1.25. The van der Waals surface area contributed by atoms with Gasteiger partial charge >= 0.3 is 5.97 Å². The van der Waals surface area contributed by atoms with Crippen LogP contribution in [0, 0.1) is 5.92 Å². The molecule has 0 rings (SSSR count). The Morgan fingerprint density at radius 3 is 1.46 bits per heavy atom. The third kappa shape index (κ3) is 32.2. The lowest BCUT2D eigenvalue weighted by atomic mass is 9.92. The van der Waals surface area contributed by atoms with Crippen LogP contribution in [-0.4, -0.2) is 86.0 Å². The zero-order valence-electron chi connectivity index (χ0n) is 35.4. The first-order valence-electron chi connectivity index (χ1n) is 22.2. The average Bonchev–Trinajstić information content (AvgIpc) is 3.13. The van der Waals surface area contributed by atoms with Crippen LogP contribution in [0.4, 0.5) is 0 Å². The van der Waals surface area contributed by atoms with E-state index < -0.39 is 6.04 Å². The number of hydrogen-bond acceptors (Lipinski definition) is 6. The number of ether oxygens (including phenoxy) is 1. The molecule has 8 heteroatoms. The Hall–Kier alpha value is -1.28. The molecule has 52 heavy (non-hydrogen) atoms. The minimum Gasteiger partial charge on any atom is -0.466 e. The Bertz CT molecular complexity index is 827. The van der Waals surface area contributed by atoms with Gasteiger partial charge in [-0.2, -0.15) is 11.8 Å². The highest BCUT2D eigenvalue weighted by Crippen LogP contribution is 2.21. The molecule has 0 saturated heterocycles. The van der Waals surface area contributed by atoms with Crippen molar-refractivity contribution in [1.29, 1.82) is 0 Å². The van der Waals surface area contributed by atoms with Crippen LogP contribution in [0.2, 0.25) is 0 Å². The van der Waals surface area contributed by atoms with Gasteiger partial charge in [0.05, 0.1) is 13.0 Å². The number of nitrogens with one attached hydrogen (secondary N) is 1. The zero-order valence-corrected chi connectivity index (χ0v) is 36.2. The first-order chi connectivity index (χ1) is 25.3. The number of likely N-dealkylation sites (N-methyl/N-ethyl adjacent to an activating group) is 2. The normalized spacial score (nSPS) is 12.6. The molecule has 0 aliphatic rings. The summed E-state index contributed by atoms with van der Waals surface area (Å²) in [7, 11) is 5.86. The summed E-state index contributed by atoms with van der Waals surface area (Å²) >= 11 is 1.67. The Labute approximate surface area is 327 Å². The van der Waals surface area contributed by atoms with Crippen LogP contribution in [0.1, 0.15) is 201 Å². The maximum atomic E-state index is 13.8. The summed E-state index contributed by atoms with van der Waals surface area (Å²) in [6.45, 7) is 8.67. The van der Waals surface area contributed by atoms with Crippen molar-refractivity contribution in [1.82, 2.24) is 15.1 Å². The molecule has 0 spiro atoms. The summed E-state index contributed by atoms with van der Waals surface area (Å²) in [5.41, 5.74) is 0. The Morgan fingerprint density at radius 1 is 0.558 bits per heavy atom. The van der Waals surface area contributed by atoms with Gasteiger partial charge in [0.15, 0.2) is 0 Å². The van der Waals surface area contributed by atoms with E-state index in [-0.39, 0.29) is 23.7 Å². The molecule has 0 aromatic rings. The van der Waals surface area contributed by atoms with Crippen LogP contribution in [0.25, 0.3) is 0 Å². The fraction of sp³-hybridized carbons (Fsp3) is 0.932. The first kappa shape index (κ1) is 50.7. The number of amides is 2. The molecule has 2 atom stereocenters. The summed E-state index contributed by atoms with van der Waals surface area (Å²) in [4.78, 5) is 43.6. The quantitative estimate of drug-likeness (QED) is 0.0497. The van der Waals surface area contributed by atoms with Gasteiger partial charge in [0.1, 0.15) is 6.04 Å². The van der Waals surface area contributed by atoms with E-state index >= 15 is 0 Å². The van der Waals surface area contributed by atoms with Crippen molar-refractivity contribution in [2.24, 2.45) is 5.92 Å². The van der Waals surface area contributed by atoms with Gasteiger partial charge in [-0.3, -0.25) is 14.4 Å². The number of carbonyl (C=O) groups excluding carboxylic acids is 3. The van der Waals surface area contributed by atoms with Gasteiger partial charge in [-0.25, -0.2) is 0 Å². The molecule has 0 aromatic carbocycles. The molecule has 0 aliphatic carbocycles. The van der Waals surface area contributed by atoms with E-state index in [1.807, 2.05) is 21.1 Å². The van der Waals surface area contributed by atoms with Crippen molar-refractivity contribution in [3.63, 3.8) is 0 Å². The standard InChI is InChI=1S/C44H87N3O4S/c1-7-10-13-16-19-21-22-24-27-30-37-51-42(48)34-39-52-38-33-41(44(50)47(6)36-35-46(4)5)45-43(49)40(31-28-25-18-15-12-9-3)32-29-26-23-20-17-14-11-8-2/h40-41H,7-39H2,1-6H3,(H,45,49). The van der Waals surface area contributed by atoms with Crippen LogP contribution in [0.15, 0.2) is 0 Å². The van der Waals surface area contributed by atoms with E-state index in [1.54, 1.807) is 16.7 Å². The molecule has 0 aromatic heterocycles. The fourth-order valence-corrected chi connectivity index (χ4v) is 7.60. The predicted molar refractivity (Wildman–Crippen MR) is 226 cm³/mol. The second kappa shape index (κ2) is 38.0. The summed E-state index contributed by atoms with van der Waals surface area (Å²) in [5, 5.41) is 3.24. The molecule has 2 amide bonds. The van der Waals surface area contributed by atoms with Crippen molar-refractivity contribution in [2.75, 3.05) is 52.3 Å². The zero-order chi connectivity index (χ0) is 38.5. The van der Waals surface area contributed by atoms with Gasteiger partial charge in [-0.1, -0.05) is 168 Å². The van der Waals surface area contributed by atoms with Gasteiger partial charge in [0.2, 0.25) is 11.8 Å². The van der Waals surface area contributed by atoms with Gasteiger partial charge < -0.3 is 19.9 Å². The number of rotatable bonds is 39. The topological polar surface area (TPSA) is 78.9 Å². The van der Waals surface area contributed by atoms with Crippen molar-refractivity contribution < 1.29 is 19.1 Å². The van der Waals surface area contributed by atoms with Crippen LogP contribution in [0.3, 0.4) is 0 Å². The fourth-order valence-electron chi connectivity index (χ4n) is 6.68. The molecular formula is C44H87N3O4S. The molecule has 7 nitrogen and oxygen atoms in total. The molecule has 2 unspecified atom stereocenters. The number of carbonyl (C=O) groups is 3. The lowest BCUT2D eigenvalue weighted by molar-refractivity contribution is -0.143. The summed E-state index contributed by atoms with van der Waals surface area (Å²) < 4.78 is 5.49. The molecule has 308 valence electrons. The second-order valence-corrected chi connectivity index (χ2v) is 16.9. The van der Waals surface area contributed by atoms with Crippen LogP contribution in [0.5, 0.6) is 0 Å². The SMILES string of the molecule is CCCCCCCCCCCCOC(=O)CCSCCC(NC(=O)C(CCCCCCCC)CCCCCCCCCC)C(=O)N(C)CCN(C)C.